The fourth-order valence-electron chi connectivity index (χ4n) is 4.81. The Bertz CT molecular complexity index is 1130. The number of benzene rings is 2. The first-order valence-electron chi connectivity index (χ1n) is 10.9. The minimum Gasteiger partial charge on any atom is -0.381 e. The van der Waals surface area contributed by atoms with Crippen LogP contribution in [0.4, 0.5) is 11.4 Å². The van der Waals surface area contributed by atoms with Gasteiger partial charge < -0.3 is 19.3 Å². The van der Waals surface area contributed by atoms with Gasteiger partial charge in [-0.2, -0.15) is 0 Å². The van der Waals surface area contributed by atoms with Gasteiger partial charge in [0.15, 0.2) is 15.6 Å². The van der Waals surface area contributed by atoms with E-state index < -0.39 is 21.0 Å². The molecule has 6 nitrogen and oxygen atoms in total. The van der Waals surface area contributed by atoms with E-state index in [0.29, 0.717) is 24.7 Å². The maximum absolute atomic E-state index is 12.3. The third kappa shape index (κ3) is 3.62. The van der Waals surface area contributed by atoms with Crippen molar-refractivity contribution in [1.29, 1.82) is 0 Å². The molecule has 0 spiro atoms. The highest BCUT2D eigenvalue weighted by Gasteiger charge is 2.61. The van der Waals surface area contributed by atoms with Crippen molar-refractivity contribution in [2.75, 3.05) is 56.5 Å². The second kappa shape index (κ2) is 8.21. The first-order chi connectivity index (χ1) is 15.1. The Balaban J connectivity index is 1.81. The van der Waals surface area contributed by atoms with E-state index in [1.54, 1.807) is 12.1 Å². The Labute approximate surface area is 191 Å². The first-order valence-corrected chi connectivity index (χ1v) is 12.8. The molecule has 0 N–H and O–H groups in total. The lowest BCUT2D eigenvalue weighted by Crippen LogP contribution is -2.55. The summed E-state index contributed by atoms with van der Waals surface area (Å²) in [5, 5.41) is 0. The van der Waals surface area contributed by atoms with Crippen LogP contribution >= 0.6 is 0 Å². The molecule has 0 bridgehead atoms. The minimum absolute atomic E-state index is 0.318. The van der Waals surface area contributed by atoms with Crippen molar-refractivity contribution < 1.29 is 17.9 Å². The van der Waals surface area contributed by atoms with E-state index in [1.165, 1.54) is 6.26 Å². The minimum atomic E-state index is -3.33. The summed E-state index contributed by atoms with van der Waals surface area (Å²) in [6.07, 6.45) is 5.45. The van der Waals surface area contributed by atoms with Crippen molar-refractivity contribution in [2.45, 2.75) is 29.9 Å². The number of anilines is 2. The number of sulfone groups is 1. The Hall–Kier alpha value is -2.35. The predicted octanol–water partition coefficient (Wildman–Crippen LogP) is 3.71. The number of hydrogen-bond donors (Lipinski definition) is 0. The largest absolute Gasteiger partial charge is 0.381 e. The predicted molar refractivity (Wildman–Crippen MR) is 129 cm³/mol. The maximum Gasteiger partial charge on any atom is 0.175 e. The summed E-state index contributed by atoms with van der Waals surface area (Å²) in [7, 11) is 0.716. The number of rotatable bonds is 7. The standard InChI is InChI=1S/C25H32N2O4S/c1-6-30-18-24(2)22-17-21(32(5,28)29)11-12-23(22)27-15-16-31-25(24,27)14-13-19-7-9-20(10-8-19)26(3)4/h7-14,17H,6,15-16,18H2,1-5H3/b14-13+. The van der Waals surface area contributed by atoms with E-state index in [1.807, 2.05) is 27.1 Å². The topological polar surface area (TPSA) is 59.1 Å². The van der Waals surface area contributed by atoms with Gasteiger partial charge in [0.1, 0.15) is 0 Å². The smallest absolute Gasteiger partial charge is 0.175 e. The van der Waals surface area contributed by atoms with Crippen LogP contribution in [-0.4, -0.2) is 60.9 Å². The van der Waals surface area contributed by atoms with Crippen LogP contribution in [0.3, 0.4) is 0 Å². The molecule has 2 aliphatic heterocycles. The lowest BCUT2D eigenvalue weighted by molar-refractivity contribution is -0.0427. The highest BCUT2D eigenvalue weighted by molar-refractivity contribution is 7.90. The third-order valence-electron chi connectivity index (χ3n) is 6.62. The van der Waals surface area contributed by atoms with Gasteiger partial charge in [-0.05, 0) is 61.4 Å². The first kappa shape index (κ1) is 22.8. The van der Waals surface area contributed by atoms with E-state index in [2.05, 4.69) is 53.1 Å². The fourth-order valence-corrected chi connectivity index (χ4v) is 5.46. The highest BCUT2D eigenvalue weighted by atomic mass is 32.2. The summed E-state index contributed by atoms with van der Waals surface area (Å²) < 4.78 is 37.0. The fraction of sp³-hybridized carbons (Fsp3) is 0.440. The van der Waals surface area contributed by atoms with E-state index in [9.17, 15) is 8.42 Å². The Kier molecular flexibility index (Phi) is 5.86. The molecule has 172 valence electrons. The quantitative estimate of drug-likeness (QED) is 0.633. The van der Waals surface area contributed by atoms with Crippen LogP contribution in [0.1, 0.15) is 25.0 Å². The molecule has 0 aliphatic carbocycles. The van der Waals surface area contributed by atoms with Crippen LogP contribution in [0.15, 0.2) is 53.4 Å². The monoisotopic (exact) mass is 456 g/mol. The van der Waals surface area contributed by atoms with Gasteiger partial charge in [0.2, 0.25) is 0 Å². The number of ether oxygens (including phenoxy) is 2. The second-order valence-electron chi connectivity index (χ2n) is 8.94. The Morgan fingerprint density at radius 2 is 1.91 bits per heavy atom. The maximum atomic E-state index is 12.3. The number of fused-ring (bicyclic) bond motifs is 3. The molecule has 2 aromatic rings. The van der Waals surface area contributed by atoms with Crippen molar-refractivity contribution in [3.63, 3.8) is 0 Å². The van der Waals surface area contributed by atoms with Crippen LogP contribution < -0.4 is 9.80 Å². The molecule has 32 heavy (non-hydrogen) atoms. The van der Waals surface area contributed by atoms with Gasteiger partial charge in [0.25, 0.3) is 0 Å². The van der Waals surface area contributed by atoms with Gasteiger partial charge in [-0.15, -0.1) is 0 Å². The zero-order valence-electron chi connectivity index (χ0n) is 19.5. The summed E-state index contributed by atoms with van der Waals surface area (Å²) in [4.78, 5) is 4.64. The van der Waals surface area contributed by atoms with Gasteiger partial charge >= 0.3 is 0 Å². The number of nitrogens with zero attached hydrogens (tertiary/aromatic N) is 2. The second-order valence-corrected chi connectivity index (χ2v) is 11.0. The number of hydrogen-bond acceptors (Lipinski definition) is 6. The molecule has 0 saturated carbocycles. The van der Waals surface area contributed by atoms with E-state index in [4.69, 9.17) is 9.47 Å². The molecule has 2 heterocycles. The van der Waals surface area contributed by atoms with Gasteiger partial charge in [-0.3, -0.25) is 0 Å². The van der Waals surface area contributed by atoms with Crippen LogP contribution in [-0.2, 0) is 24.7 Å². The lowest BCUT2D eigenvalue weighted by atomic mass is 9.76. The lowest BCUT2D eigenvalue weighted by Gasteiger charge is -2.42. The van der Waals surface area contributed by atoms with Crippen molar-refractivity contribution in [2.24, 2.45) is 0 Å². The molecule has 0 aromatic heterocycles. The molecular weight excluding hydrogens is 424 g/mol. The molecule has 7 heteroatoms. The summed E-state index contributed by atoms with van der Waals surface area (Å²) in [6, 6.07) is 13.8. The van der Waals surface area contributed by atoms with Gasteiger partial charge in [-0.1, -0.05) is 18.2 Å². The van der Waals surface area contributed by atoms with Crippen LogP contribution in [0, 0.1) is 0 Å². The zero-order valence-corrected chi connectivity index (χ0v) is 20.3. The average molecular weight is 457 g/mol. The molecule has 2 atom stereocenters. The van der Waals surface area contributed by atoms with Crippen molar-refractivity contribution in [3.8, 4) is 0 Å². The molecule has 0 amide bonds. The average Bonchev–Trinajstić information content (AvgIpc) is 3.27. The summed E-state index contributed by atoms with van der Waals surface area (Å²) in [6.45, 7) is 6.40. The molecule has 2 aromatic carbocycles. The van der Waals surface area contributed by atoms with Crippen LogP contribution in [0.5, 0.6) is 0 Å². The van der Waals surface area contributed by atoms with Crippen LogP contribution in [0.2, 0.25) is 0 Å². The summed E-state index contributed by atoms with van der Waals surface area (Å²) >= 11 is 0. The third-order valence-corrected chi connectivity index (χ3v) is 7.73. The van der Waals surface area contributed by atoms with E-state index in [0.717, 1.165) is 29.0 Å². The Morgan fingerprint density at radius 1 is 1.19 bits per heavy atom. The molecule has 2 unspecified atom stereocenters. The van der Waals surface area contributed by atoms with Gasteiger partial charge in [-0.25, -0.2) is 8.42 Å². The van der Waals surface area contributed by atoms with Gasteiger partial charge in [0.05, 0.1) is 23.5 Å². The summed E-state index contributed by atoms with van der Waals surface area (Å²) in [5.74, 6) is 0. The van der Waals surface area contributed by atoms with E-state index >= 15 is 0 Å². The molecule has 4 rings (SSSR count). The molecule has 0 radical (unpaired) electrons. The van der Waals surface area contributed by atoms with E-state index in [-0.39, 0.29) is 0 Å². The highest BCUT2D eigenvalue weighted by Crippen LogP contribution is 2.56. The zero-order chi connectivity index (χ0) is 23.1. The van der Waals surface area contributed by atoms with Gasteiger partial charge in [0, 0.05) is 44.9 Å². The van der Waals surface area contributed by atoms with Crippen molar-refractivity contribution in [3.05, 3.63) is 59.7 Å². The van der Waals surface area contributed by atoms with Crippen LogP contribution in [0.25, 0.3) is 6.08 Å². The molecule has 1 saturated heterocycles. The summed E-state index contributed by atoms with van der Waals surface area (Å²) in [5.41, 5.74) is 2.84. The van der Waals surface area contributed by atoms with Crippen molar-refractivity contribution >= 4 is 27.3 Å². The SMILES string of the molecule is CCOCC1(C)c2cc(S(C)(=O)=O)ccc2N2CCOC21/C=C/c1ccc(N(C)C)cc1. The molecule has 2 aliphatic rings. The van der Waals surface area contributed by atoms with Crippen molar-refractivity contribution in [1.82, 2.24) is 0 Å². The normalized spacial score (nSPS) is 24.7. The molecule has 1 fully saturated rings. The Morgan fingerprint density at radius 3 is 2.53 bits per heavy atom. The molecular formula is C25H32N2O4S.